The SMILES string of the molecule is CSCCC(N)C(=O)N(C)CC(F)(F)F.Cl. The minimum Gasteiger partial charge on any atom is -0.335 e. The van der Waals surface area contributed by atoms with Crippen LogP contribution in [0.1, 0.15) is 6.42 Å². The van der Waals surface area contributed by atoms with Gasteiger partial charge in [0.05, 0.1) is 6.04 Å². The molecule has 0 aliphatic carbocycles. The lowest BCUT2D eigenvalue weighted by Crippen LogP contribution is -2.45. The molecule has 0 radical (unpaired) electrons. The lowest BCUT2D eigenvalue weighted by Gasteiger charge is -2.22. The summed E-state index contributed by atoms with van der Waals surface area (Å²) in [5.41, 5.74) is 5.45. The molecule has 0 aliphatic heterocycles. The maximum absolute atomic E-state index is 11.9. The number of alkyl halides is 3. The fraction of sp³-hybridized carbons (Fsp3) is 0.875. The molecule has 0 aromatic rings. The van der Waals surface area contributed by atoms with Crippen LogP contribution in [0.25, 0.3) is 0 Å². The molecule has 0 rings (SSSR count). The van der Waals surface area contributed by atoms with Crippen molar-refractivity contribution in [3.63, 3.8) is 0 Å². The molecule has 0 heterocycles. The van der Waals surface area contributed by atoms with Crippen molar-refractivity contribution in [2.45, 2.75) is 18.6 Å². The Morgan fingerprint density at radius 3 is 2.38 bits per heavy atom. The van der Waals surface area contributed by atoms with Crippen molar-refractivity contribution in [2.24, 2.45) is 5.73 Å². The van der Waals surface area contributed by atoms with Gasteiger partial charge in [-0.25, -0.2) is 0 Å². The molecule has 16 heavy (non-hydrogen) atoms. The molecule has 0 aliphatic rings. The summed E-state index contributed by atoms with van der Waals surface area (Å²) in [6.45, 7) is -1.25. The fourth-order valence-electron chi connectivity index (χ4n) is 0.998. The van der Waals surface area contributed by atoms with Gasteiger partial charge in [-0.15, -0.1) is 12.4 Å². The van der Waals surface area contributed by atoms with E-state index in [1.54, 1.807) is 0 Å². The number of hydrogen-bond acceptors (Lipinski definition) is 3. The number of hydrogen-bond donors (Lipinski definition) is 1. The third-order valence-corrected chi connectivity index (χ3v) is 2.39. The number of nitrogens with two attached hydrogens (primary N) is 1. The van der Waals surface area contributed by atoms with Crippen molar-refractivity contribution in [1.82, 2.24) is 4.90 Å². The zero-order chi connectivity index (χ0) is 12.1. The largest absolute Gasteiger partial charge is 0.406 e. The molecule has 0 spiro atoms. The van der Waals surface area contributed by atoms with E-state index >= 15 is 0 Å². The van der Waals surface area contributed by atoms with E-state index in [4.69, 9.17) is 5.73 Å². The summed E-state index contributed by atoms with van der Waals surface area (Å²) < 4.78 is 35.8. The van der Waals surface area contributed by atoms with Crippen LogP contribution in [0.3, 0.4) is 0 Å². The van der Waals surface area contributed by atoms with Crippen LogP contribution in [0.5, 0.6) is 0 Å². The summed E-state index contributed by atoms with van der Waals surface area (Å²) in [5, 5.41) is 0. The summed E-state index contributed by atoms with van der Waals surface area (Å²) >= 11 is 1.50. The van der Waals surface area contributed by atoms with Crippen LogP contribution < -0.4 is 5.73 Å². The Hall–Kier alpha value is -0.140. The number of carbonyl (C=O) groups is 1. The predicted octanol–water partition coefficient (Wildman–Crippen LogP) is 1.51. The summed E-state index contributed by atoms with van der Waals surface area (Å²) in [7, 11) is 1.11. The monoisotopic (exact) mass is 280 g/mol. The van der Waals surface area contributed by atoms with Gasteiger partial charge < -0.3 is 10.6 Å². The van der Waals surface area contributed by atoms with Crippen LogP contribution in [-0.4, -0.2) is 48.6 Å². The third-order valence-electron chi connectivity index (χ3n) is 1.74. The van der Waals surface area contributed by atoms with Gasteiger partial charge in [0.15, 0.2) is 0 Å². The minimum absolute atomic E-state index is 0. The highest BCUT2D eigenvalue weighted by Crippen LogP contribution is 2.16. The molecule has 0 saturated heterocycles. The Morgan fingerprint density at radius 1 is 1.50 bits per heavy atom. The lowest BCUT2D eigenvalue weighted by atomic mass is 10.2. The fourth-order valence-corrected chi connectivity index (χ4v) is 1.49. The number of rotatable bonds is 5. The molecule has 98 valence electrons. The van der Waals surface area contributed by atoms with Gasteiger partial charge in [0.1, 0.15) is 6.54 Å². The number of carbonyl (C=O) groups excluding carboxylic acids is 1. The maximum Gasteiger partial charge on any atom is 0.406 e. The molecule has 0 saturated carbocycles. The Balaban J connectivity index is 0. The van der Waals surface area contributed by atoms with E-state index in [-0.39, 0.29) is 12.4 Å². The first kappa shape index (κ1) is 18.2. The van der Waals surface area contributed by atoms with Crippen LogP contribution >= 0.6 is 24.2 Å². The van der Waals surface area contributed by atoms with Crippen molar-refractivity contribution in [3.8, 4) is 0 Å². The van der Waals surface area contributed by atoms with E-state index in [1.165, 1.54) is 11.8 Å². The van der Waals surface area contributed by atoms with Gasteiger partial charge in [-0.3, -0.25) is 4.79 Å². The molecule has 1 unspecified atom stereocenters. The lowest BCUT2D eigenvalue weighted by molar-refractivity contribution is -0.159. The molecule has 8 heteroatoms. The zero-order valence-corrected chi connectivity index (χ0v) is 10.7. The zero-order valence-electron chi connectivity index (χ0n) is 9.08. The van der Waals surface area contributed by atoms with Gasteiger partial charge in [-0.2, -0.15) is 24.9 Å². The summed E-state index contributed by atoms with van der Waals surface area (Å²) in [6, 6.07) is -0.843. The molecule has 3 nitrogen and oxygen atoms in total. The summed E-state index contributed by atoms with van der Waals surface area (Å²) in [5.74, 6) is -0.00590. The standard InChI is InChI=1S/C8H15F3N2OS.ClH/c1-13(5-8(9,10)11)7(14)6(12)3-4-15-2;/h6H,3-5,12H2,1-2H3;1H. The average Bonchev–Trinajstić information content (AvgIpc) is 2.10. The van der Waals surface area contributed by atoms with Gasteiger partial charge in [0, 0.05) is 7.05 Å². The van der Waals surface area contributed by atoms with Crippen LogP contribution in [0.15, 0.2) is 0 Å². The van der Waals surface area contributed by atoms with Gasteiger partial charge in [-0.05, 0) is 18.4 Å². The first-order chi connectivity index (χ1) is 6.78. The molecular formula is C8H16ClF3N2OS. The number of halogens is 4. The summed E-state index contributed by atoms with van der Waals surface area (Å²) in [6.07, 6.45) is -2.14. The van der Waals surface area contributed by atoms with Gasteiger partial charge >= 0.3 is 6.18 Å². The Bertz CT molecular complexity index is 216. The molecule has 0 bridgehead atoms. The van der Waals surface area contributed by atoms with E-state index in [0.717, 1.165) is 7.05 Å². The predicted molar refractivity (Wildman–Crippen MR) is 61.9 cm³/mol. The van der Waals surface area contributed by atoms with E-state index in [0.29, 0.717) is 17.1 Å². The number of amides is 1. The van der Waals surface area contributed by atoms with Crippen molar-refractivity contribution < 1.29 is 18.0 Å². The second-order valence-electron chi connectivity index (χ2n) is 3.20. The first-order valence-corrected chi connectivity index (χ1v) is 5.73. The van der Waals surface area contributed by atoms with Crippen molar-refractivity contribution in [3.05, 3.63) is 0 Å². The topological polar surface area (TPSA) is 46.3 Å². The smallest absolute Gasteiger partial charge is 0.335 e. The highest BCUT2D eigenvalue weighted by atomic mass is 35.5. The molecule has 0 fully saturated rings. The highest BCUT2D eigenvalue weighted by molar-refractivity contribution is 7.98. The van der Waals surface area contributed by atoms with Crippen LogP contribution in [0.2, 0.25) is 0 Å². The van der Waals surface area contributed by atoms with Crippen LogP contribution in [0, 0.1) is 0 Å². The molecule has 1 amide bonds. The van der Waals surface area contributed by atoms with Gasteiger partial charge in [0.25, 0.3) is 0 Å². The first-order valence-electron chi connectivity index (χ1n) is 4.34. The Kier molecular flexibility index (Phi) is 9.14. The van der Waals surface area contributed by atoms with E-state index in [1.807, 2.05) is 6.26 Å². The van der Waals surface area contributed by atoms with E-state index in [9.17, 15) is 18.0 Å². The van der Waals surface area contributed by atoms with Gasteiger partial charge in [-0.1, -0.05) is 0 Å². The maximum atomic E-state index is 11.9. The van der Waals surface area contributed by atoms with Crippen molar-refractivity contribution >= 4 is 30.1 Å². The van der Waals surface area contributed by atoms with E-state index in [2.05, 4.69) is 0 Å². The normalized spacial score (nSPS) is 12.9. The molecule has 2 N–H and O–H groups in total. The molecule has 0 aromatic carbocycles. The molecular weight excluding hydrogens is 265 g/mol. The van der Waals surface area contributed by atoms with Gasteiger partial charge in [0.2, 0.25) is 5.91 Å². The highest BCUT2D eigenvalue weighted by Gasteiger charge is 2.32. The number of nitrogens with zero attached hydrogens (tertiary/aromatic N) is 1. The third kappa shape index (κ3) is 8.06. The number of thioether (sulfide) groups is 1. The van der Waals surface area contributed by atoms with Crippen molar-refractivity contribution in [1.29, 1.82) is 0 Å². The second kappa shape index (κ2) is 8.03. The van der Waals surface area contributed by atoms with Crippen molar-refractivity contribution in [2.75, 3.05) is 25.6 Å². The van der Waals surface area contributed by atoms with Crippen LogP contribution in [0.4, 0.5) is 13.2 Å². The van der Waals surface area contributed by atoms with E-state index < -0.39 is 24.7 Å². The Morgan fingerprint density at radius 2 is 2.00 bits per heavy atom. The van der Waals surface area contributed by atoms with Crippen LogP contribution in [-0.2, 0) is 4.79 Å². The quantitative estimate of drug-likeness (QED) is 0.830. The Labute approximate surface area is 103 Å². The summed E-state index contributed by atoms with van der Waals surface area (Å²) in [4.78, 5) is 11.9. The number of likely N-dealkylation sites (N-methyl/N-ethyl adjacent to an activating group) is 1. The minimum atomic E-state index is -4.37. The molecule has 0 aromatic heterocycles. The molecule has 1 atom stereocenters. The average molecular weight is 281 g/mol. The second-order valence-corrected chi connectivity index (χ2v) is 4.18.